The highest BCUT2D eigenvalue weighted by molar-refractivity contribution is 6.18. The second kappa shape index (κ2) is 7.71. The van der Waals surface area contributed by atoms with E-state index in [2.05, 4.69) is 19.2 Å². The Hall–Kier alpha value is -0.800. The molecule has 0 saturated heterocycles. The van der Waals surface area contributed by atoms with E-state index in [1.54, 1.807) is 18.2 Å². The van der Waals surface area contributed by atoms with Crippen LogP contribution in [0.2, 0.25) is 0 Å². The van der Waals surface area contributed by atoms with E-state index in [-0.39, 0.29) is 17.0 Å². The Morgan fingerprint density at radius 1 is 1.32 bits per heavy atom. The van der Waals surface area contributed by atoms with Gasteiger partial charge in [-0.15, -0.1) is 11.6 Å². The molecule has 1 aromatic carbocycles. The standard InChI is InChI=1S/C15H23ClFNO/c1-4-15(5-2,10-16)11-18-9-12-7-6-8-13(19-3)14(12)17/h6-8,18H,4-5,9-11H2,1-3H3. The van der Waals surface area contributed by atoms with Crippen LogP contribution in [0.25, 0.3) is 0 Å². The van der Waals surface area contributed by atoms with E-state index in [4.69, 9.17) is 16.3 Å². The smallest absolute Gasteiger partial charge is 0.169 e. The molecule has 0 radical (unpaired) electrons. The number of nitrogens with one attached hydrogen (secondary N) is 1. The lowest BCUT2D eigenvalue weighted by molar-refractivity contribution is 0.285. The molecule has 0 aliphatic rings. The molecule has 0 amide bonds. The summed E-state index contributed by atoms with van der Waals surface area (Å²) in [6.07, 6.45) is 2.03. The number of ether oxygens (including phenoxy) is 1. The van der Waals surface area contributed by atoms with Crippen molar-refractivity contribution in [2.75, 3.05) is 19.5 Å². The predicted molar refractivity (Wildman–Crippen MR) is 78.4 cm³/mol. The molecule has 0 unspecified atom stereocenters. The molecule has 0 spiro atoms. The third kappa shape index (κ3) is 4.08. The van der Waals surface area contributed by atoms with Gasteiger partial charge in [-0.25, -0.2) is 4.39 Å². The topological polar surface area (TPSA) is 21.3 Å². The van der Waals surface area contributed by atoms with Gasteiger partial charge in [0.1, 0.15) is 0 Å². The fraction of sp³-hybridized carbons (Fsp3) is 0.600. The molecule has 0 aliphatic carbocycles. The van der Waals surface area contributed by atoms with Crippen LogP contribution in [0.15, 0.2) is 18.2 Å². The van der Waals surface area contributed by atoms with E-state index in [1.807, 2.05) is 0 Å². The molecular weight excluding hydrogens is 265 g/mol. The van der Waals surface area contributed by atoms with Crippen molar-refractivity contribution in [2.45, 2.75) is 33.2 Å². The molecule has 0 bridgehead atoms. The Morgan fingerprint density at radius 3 is 2.53 bits per heavy atom. The summed E-state index contributed by atoms with van der Waals surface area (Å²) in [4.78, 5) is 0. The van der Waals surface area contributed by atoms with E-state index in [0.29, 0.717) is 18.0 Å². The fourth-order valence-electron chi connectivity index (χ4n) is 2.05. The van der Waals surface area contributed by atoms with E-state index in [1.165, 1.54) is 7.11 Å². The highest BCUT2D eigenvalue weighted by Crippen LogP contribution is 2.27. The first kappa shape index (κ1) is 16.3. The van der Waals surface area contributed by atoms with Gasteiger partial charge in [0, 0.05) is 24.5 Å². The number of rotatable bonds is 8. The highest BCUT2D eigenvalue weighted by atomic mass is 35.5. The van der Waals surface area contributed by atoms with Gasteiger partial charge in [-0.1, -0.05) is 26.0 Å². The lowest BCUT2D eigenvalue weighted by atomic mass is 9.84. The van der Waals surface area contributed by atoms with Crippen molar-refractivity contribution in [1.29, 1.82) is 0 Å². The third-order valence-electron chi connectivity index (χ3n) is 3.86. The molecule has 1 aromatic rings. The fourth-order valence-corrected chi connectivity index (χ4v) is 2.52. The number of hydrogen-bond donors (Lipinski definition) is 1. The van der Waals surface area contributed by atoms with Crippen molar-refractivity contribution >= 4 is 11.6 Å². The van der Waals surface area contributed by atoms with Crippen molar-refractivity contribution in [1.82, 2.24) is 5.32 Å². The monoisotopic (exact) mass is 287 g/mol. The maximum absolute atomic E-state index is 13.9. The number of halogens is 2. The molecule has 108 valence electrons. The van der Waals surface area contributed by atoms with Crippen molar-refractivity contribution in [3.05, 3.63) is 29.6 Å². The van der Waals surface area contributed by atoms with Crippen LogP contribution in [0.4, 0.5) is 4.39 Å². The average molecular weight is 288 g/mol. The summed E-state index contributed by atoms with van der Waals surface area (Å²) < 4.78 is 18.9. The van der Waals surface area contributed by atoms with Crippen LogP contribution in [0.5, 0.6) is 5.75 Å². The van der Waals surface area contributed by atoms with Crippen molar-refractivity contribution in [2.24, 2.45) is 5.41 Å². The number of alkyl halides is 1. The van der Waals surface area contributed by atoms with Crippen molar-refractivity contribution < 1.29 is 9.13 Å². The van der Waals surface area contributed by atoms with Crippen molar-refractivity contribution in [3.63, 3.8) is 0 Å². The summed E-state index contributed by atoms with van der Waals surface area (Å²) in [6, 6.07) is 5.19. The van der Waals surface area contributed by atoms with Gasteiger partial charge in [0.25, 0.3) is 0 Å². The second-order valence-electron chi connectivity index (χ2n) is 4.88. The van der Waals surface area contributed by atoms with E-state index in [0.717, 1.165) is 19.4 Å². The van der Waals surface area contributed by atoms with Crippen LogP contribution >= 0.6 is 11.6 Å². The normalized spacial score (nSPS) is 11.6. The SMILES string of the molecule is CCC(CC)(CCl)CNCc1cccc(OC)c1F. The average Bonchev–Trinajstić information content (AvgIpc) is 2.46. The van der Waals surface area contributed by atoms with Crippen LogP contribution < -0.4 is 10.1 Å². The van der Waals surface area contributed by atoms with Gasteiger partial charge in [-0.05, 0) is 24.3 Å². The van der Waals surface area contributed by atoms with Gasteiger partial charge in [0.15, 0.2) is 11.6 Å². The molecule has 0 aliphatic heterocycles. The molecular formula is C15H23ClFNO. The van der Waals surface area contributed by atoms with Crippen LogP contribution in [-0.2, 0) is 6.54 Å². The first-order chi connectivity index (χ1) is 9.12. The van der Waals surface area contributed by atoms with Crippen LogP contribution in [0.3, 0.4) is 0 Å². The lowest BCUT2D eigenvalue weighted by Gasteiger charge is -2.29. The summed E-state index contributed by atoms with van der Waals surface area (Å²) in [5.41, 5.74) is 0.715. The Balaban J connectivity index is 2.63. The van der Waals surface area contributed by atoms with Crippen molar-refractivity contribution in [3.8, 4) is 5.75 Å². The van der Waals surface area contributed by atoms with Gasteiger partial charge in [-0.3, -0.25) is 0 Å². The van der Waals surface area contributed by atoms with Gasteiger partial charge in [0.2, 0.25) is 0 Å². The minimum absolute atomic E-state index is 0.0941. The predicted octanol–water partition coefficient (Wildman–Crippen LogP) is 3.97. The maximum Gasteiger partial charge on any atom is 0.169 e. The Labute approximate surface area is 120 Å². The molecule has 0 fully saturated rings. The quantitative estimate of drug-likeness (QED) is 0.731. The van der Waals surface area contributed by atoms with Crippen LogP contribution in [0.1, 0.15) is 32.3 Å². The summed E-state index contributed by atoms with van der Waals surface area (Å²) >= 11 is 6.05. The molecule has 4 heteroatoms. The molecule has 0 atom stereocenters. The zero-order valence-corrected chi connectivity index (χ0v) is 12.7. The number of benzene rings is 1. The Morgan fingerprint density at radius 2 is 2.00 bits per heavy atom. The highest BCUT2D eigenvalue weighted by Gasteiger charge is 2.24. The van der Waals surface area contributed by atoms with Gasteiger partial charge < -0.3 is 10.1 Å². The molecule has 0 saturated carbocycles. The molecule has 19 heavy (non-hydrogen) atoms. The van der Waals surface area contributed by atoms with Gasteiger partial charge in [0.05, 0.1) is 7.11 Å². The summed E-state index contributed by atoms with van der Waals surface area (Å²) in [5.74, 6) is 0.615. The van der Waals surface area contributed by atoms with Crippen LogP contribution in [-0.4, -0.2) is 19.5 Å². The van der Waals surface area contributed by atoms with E-state index < -0.39 is 0 Å². The summed E-state index contributed by atoms with van der Waals surface area (Å²) in [5, 5.41) is 3.31. The third-order valence-corrected chi connectivity index (χ3v) is 4.43. The minimum Gasteiger partial charge on any atom is -0.494 e. The maximum atomic E-state index is 13.9. The zero-order valence-electron chi connectivity index (χ0n) is 11.9. The second-order valence-corrected chi connectivity index (χ2v) is 5.14. The lowest BCUT2D eigenvalue weighted by Crippen LogP contribution is -2.34. The molecule has 1 rings (SSSR count). The zero-order chi connectivity index (χ0) is 14.3. The number of hydrogen-bond acceptors (Lipinski definition) is 2. The van der Waals surface area contributed by atoms with Crippen LogP contribution in [0, 0.1) is 11.2 Å². The molecule has 0 aromatic heterocycles. The van der Waals surface area contributed by atoms with Gasteiger partial charge >= 0.3 is 0 Å². The summed E-state index contributed by atoms with van der Waals surface area (Å²) in [6.45, 7) is 5.56. The Kier molecular flexibility index (Phi) is 6.59. The van der Waals surface area contributed by atoms with Gasteiger partial charge in [-0.2, -0.15) is 0 Å². The minimum atomic E-state index is -0.290. The Bertz CT molecular complexity index is 385. The molecule has 2 nitrogen and oxygen atoms in total. The number of methoxy groups -OCH3 is 1. The largest absolute Gasteiger partial charge is 0.494 e. The summed E-state index contributed by atoms with van der Waals surface area (Å²) in [7, 11) is 1.47. The van der Waals surface area contributed by atoms with E-state index in [9.17, 15) is 4.39 Å². The van der Waals surface area contributed by atoms with E-state index >= 15 is 0 Å². The first-order valence-electron chi connectivity index (χ1n) is 6.70. The molecule has 0 heterocycles. The first-order valence-corrected chi connectivity index (χ1v) is 7.24. The molecule has 1 N–H and O–H groups in total.